The van der Waals surface area contributed by atoms with Crippen molar-refractivity contribution in [1.82, 2.24) is 0 Å². The molecule has 5 N–H and O–H groups in total. The largest absolute Gasteiger partial charge is 0.507 e. The zero-order valence-corrected chi connectivity index (χ0v) is 16.5. The number of anilines is 1. The van der Waals surface area contributed by atoms with Gasteiger partial charge in [-0.25, -0.2) is 0 Å². The number of amides is 1. The van der Waals surface area contributed by atoms with Crippen molar-refractivity contribution in [3.63, 3.8) is 0 Å². The molecule has 10 nitrogen and oxygen atoms in total. The van der Waals surface area contributed by atoms with Crippen LogP contribution in [-0.2, 0) is 4.74 Å². The SMILES string of the molecule is O=C1c2cc3c(c4c2c(cc2c(O)cccc24)N1C1OC(CO)C(O)C(O)C1O)OCO3. The predicted octanol–water partition coefficient (Wildman–Crippen LogP) is 0.187. The number of carbonyl (C=O) groups is 1. The lowest BCUT2D eigenvalue weighted by Crippen LogP contribution is -2.63. The first kappa shape index (κ1) is 19.5. The second-order valence-corrected chi connectivity index (χ2v) is 8.07. The van der Waals surface area contributed by atoms with Gasteiger partial charge in [0.25, 0.3) is 5.91 Å². The Balaban J connectivity index is 1.63. The lowest BCUT2D eigenvalue weighted by atomic mass is 9.96. The Labute approximate surface area is 180 Å². The maximum atomic E-state index is 13.5. The Morgan fingerprint density at radius 1 is 1.00 bits per heavy atom. The standard InChI is InChI=1S/C22H19NO9/c24-6-14-17(26)18(27)19(28)22(32-14)23-11-4-9-8(2-1-3-12(9)25)16-15(11)10(21(23)29)5-13-20(16)31-7-30-13/h1-5,14,17-19,22,24-28H,6-7H2. The molecule has 3 aromatic rings. The van der Waals surface area contributed by atoms with Gasteiger partial charge < -0.3 is 39.7 Å². The Morgan fingerprint density at radius 3 is 2.59 bits per heavy atom. The second kappa shape index (κ2) is 6.67. The zero-order chi connectivity index (χ0) is 22.3. The molecule has 0 aromatic heterocycles. The summed E-state index contributed by atoms with van der Waals surface area (Å²) in [5.41, 5.74) is 0.609. The van der Waals surface area contributed by atoms with Crippen LogP contribution >= 0.6 is 0 Å². The fourth-order valence-corrected chi connectivity index (χ4v) is 4.84. The number of aromatic hydroxyl groups is 1. The summed E-state index contributed by atoms with van der Waals surface area (Å²) in [5, 5.41) is 53.3. The number of phenolic OH excluding ortho intramolecular Hbond substituents is 1. The van der Waals surface area contributed by atoms with Crippen LogP contribution in [0, 0.1) is 0 Å². The first-order chi connectivity index (χ1) is 15.4. The number of nitrogens with zero attached hydrogens (tertiary/aromatic N) is 1. The summed E-state index contributed by atoms with van der Waals surface area (Å²) in [5.74, 6) is 0.261. The molecule has 1 saturated heterocycles. The molecule has 0 bridgehead atoms. The highest BCUT2D eigenvalue weighted by molar-refractivity contribution is 6.32. The zero-order valence-electron chi connectivity index (χ0n) is 16.5. The summed E-state index contributed by atoms with van der Waals surface area (Å²) in [6.45, 7) is -0.636. The minimum absolute atomic E-state index is 0.0109. The Morgan fingerprint density at radius 2 is 1.81 bits per heavy atom. The molecule has 3 aliphatic heterocycles. The number of ether oxygens (including phenoxy) is 3. The Bertz CT molecular complexity index is 1290. The van der Waals surface area contributed by atoms with Gasteiger partial charge in [-0.05, 0) is 23.6 Å². The number of rotatable bonds is 2. The molecule has 32 heavy (non-hydrogen) atoms. The molecule has 3 heterocycles. The third-order valence-corrected chi connectivity index (χ3v) is 6.38. The van der Waals surface area contributed by atoms with E-state index in [1.165, 1.54) is 11.0 Å². The van der Waals surface area contributed by atoms with Gasteiger partial charge in [0.15, 0.2) is 17.7 Å². The van der Waals surface area contributed by atoms with Crippen molar-refractivity contribution >= 4 is 33.1 Å². The molecule has 0 aliphatic carbocycles. The number of benzene rings is 3. The number of hydrogen-bond donors (Lipinski definition) is 5. The van der Waals surface area contributed by atoms with Gasteiger partial charge in [-0.15, -0.1) is 0 Å². The second-order valence-electron chi connectivity index (χ2n) is 8.07. The van der Waals surface area contributed by atoms with Gasteiger partial charge in [0.05, 0.1) is 17.9 Å². The van der Waals surface area contributed by atoms with E-state index in [0.29, 0.717) is 38.7 Å². The highest BCUT2D eigenvalue weighted by Crippen LogP contribution is 2.52. The van der Waals surface area contributed by atoms with Gasteiger partial charge in [0.1, 0.15) is 30.2 Å². The van der Waals surface area contributed by atoms with E-state index in [-0.39, 0.29) is 18.1 Å². The van der Waals surface area contributed by atoms with Crippen LogP contribution in [0.3, 0.4) is 0 Å². The third kappa shape index (κ3) is 2.38. The first-order valence-corrected chi connectivity index (χ1v) is 10.1. The van der Waals surface area contributed by atoms with E-state index in [2.05, 4.69) is 0 Å². The van der Waals surface area contributed by atoms with E-state index >= 15 is 0 Å². The van der Waals surface area contributed by atoms with Crippen molar-refractivity contribution < 1.29 is 44.5 Å². The predicted molar refractivity (Wildman–Crippen MR) is 110 cm³/mol. The van der Waals surface area contributed by atoms with Crippen LogP contribution < -0.4 is 14.4 Å². The quantitative estimate of drug-likeness (QED) is 0.351. The van der Waals surface area contributed by atoms with Gasteiger partial charge in [-0.1, -0.05) is 12.1 Å². The van der Waals surface area contributed by atoms with E-state index in [9.17, 15) is 30.3 Å². The van der Waals surface area contributed by atoms with Crippen molar-refractivity contribution in [2.45, 2.75) is 30.6 Å². The smallest absolute Gasteiger partial charge is 0.261 e. The summed E-state index contributed by atoms with van der Waals surface area (Å²) >= 11 is 0. The summed E-state index contributed by atoms with van der Waals surface area (Å²) < 4.78 is 16.9. The molecule has 3 aliphatic rings. The highest BCUT2D eigenvalue weighted by atomic mass is 16.7. The van der Waals surface area contributed by atoms with Crippen molar-refractivity contribution in [2.24, 2.45) is 0 Å². The first-order valence-electron chi connectivity index (χ1n) is 10.1. The lowest BCUT2D eigenvalue weighted by molar-refractivity contribution is -0.226. The van der Waals surface area contributed by atoms with Crippen molar-refractivity contribution in [1.29, 1.82) is 0 Å². The third-order valence-electron chi connectivity index (χ3n) is 6.38. The van der Waals surface area contributed by atoms with Crippen LogP contribution in [0.15, 0.2) is 30.3 Å². The molecule has 1 fully saturated rings. The number of fused-ring (bicyclic) bond motifs is 4. The molecule has 3 aromatic carbocycles. The lowest BCUT2D eigenvalue weighted by Gasteiger charge is -2.43. The molecule has 1 amide bonds. The maximum absolute atomic E-state index is 13.5. The monoisotopic (exact) mass is 441 g/mol. The molecule has 6 rings (SSSR count). The maximum Gasteiger partial charge on any atom is 0.261 e. The van der Waals surface area contributed by atoms with Crippen LogP contribution in [0.4, 0.5) is 5.69 Å². The van der Waals surface area contributed by atoms with E-state index < -0.39 is 43.2 Å². The average molecular weight is 441 g/mol. The number of hydrogen-bond acceptors (Lipinski definition) is 9. The highest BCUT2D eigenvalue weighted by Gasteiger charge is 2.50. The summed E-state index contributed by atoms with van der Waals surface area (Å²) in [6, 6.07) is 8.14. The Kier molecular flexibility index (Phi) is 4.07. The summed E-state index contributed by atoms with van der Waals surface area (Å²) in [7, 11) is 0. The molecule has 5 unspecified atom stereocenters. The van der Waals surface area contributed by atoms with Crippen molar-refractivity contribution in [3.8, 4) is 17.2 Å². The normalized spacial score (nSPS) is 28.8. The van der Waals surface area contributed by atoms with E-state index in [1.54, 1.807) is 24.3 Å². The molecule has 166 valence electrons. The number of aliphatic hydroxyl groups is 4. The molecule has 0 radical (unpaired) electrons. The van der Waals surface area contributed by atoms with Gasteiger partial charge >= 0.3 is 0 Å². The number of aliphatic hydroxyl groups excluding tert-OH is 4. The van der Waals surface area contributed by atoms with Gasteiger partial charge in [-0.3, -0.25) is 9.69 Å². The van der Waals surface area contributed by atoms with Crippen LogP contribution in [-0.4, -0.2) is 75.5 Å². The Hall–Kier alpha value is -3.15. The molecular weight excluding hydrogens is 422 g/mol. The fraction of sp³-hybridized carbons (Fsp3) is 0.318. The molecule has 0 saturated carbocycles. The topological polar surface area (TPSA) is 149 Å². The number of carbonyl (C=O) groups excluding carboxylic acids is 1. The number of phenols is 1. The van der Waals surface area contributed by atoms with Gasteiger partial charge in [-0.2, -0.15) is 0 Å². The molecular formula is C22H19NO9. The molecule has 5 atom stereocenters. The van der Waals surface area contributed by atoms with Crippen LogP contribution in [0.2, 0.25) is 0 Å². The van der Waals surface area contributed by atoms with Gasteiger partial charge in [0.2, 0.25) is 6.79 Å². The molecule has 0 spiro atoms. The van der Waals surface area contributed by atoms with E-state index in [4.69, 9.17) is 14.2 Å². The van der Waals surface area contributed by atoms with Gasteiger partial charge in [0, 0.05) is 16.2 Å². The molecule has 10 heteroatoms. The fourth-order valence-electron chi connectivity index (χ4n) is 4.84. The van der Waals surface area contributed by atoms with Crippen molar-refractivity contribution in [2.75, 3.05) is 18.3 Å². The average Bonchev–Trinajstić information content (AvgIpc) is 3.37. The summed E-state index contributed by atoms with van der Waals surface area (Å²) in [4.78, 5) is 14.7. The van der Waals surface area contributed by atoms with E-state index in [1.807, 2.05) is 0 Å². The van der Waals surface area contributed by atoms with E-state index in [0.717, 1.165) is 0 Å². The minimum atomic E-state index is -1.65. The van der Waals surface area contributed by atoms with Crippen LogP contribution in [0.25, 0.3) is 21.5 Å². The summed E-state index contributed by atoms with van der Waals surface area (Å²) in [6.07, 6.45) is -7.44. The van der Waals surface area contributed by atoms with Crippen LogP contribution in [0.5, 0.6) is 17.2 Å². The van der Waals surface area contributed by atoms with Crippen molar-refractivity contribution in [3.05, 3.63) is 35.9 Å². The minimum Gasteiger partial charge on any atom is -0.507 e. The van der Waals surface area contributed by atoms with Crippen LogP contribution in [0.1, 0.15) is 10.4 Å².